The molecule has 0 aromatic carbocycles. The summed E-state index contributed by atoms with van der Waals surface area (Å²) in [5.41, 5.74) is 0.412. The minimum Gasteiger partial charge on any atom is -0.515 e. The second-order valence-electron chi connectivity index (χ2n) is 6.84. The van der Waals surface area contributed by atoms with E-state index in [-0.39, 0.29) is 5.97 Å². The summed E-state index contributed by atoms with van der Waals surface area (Å²) >= 11 is 0. The van der Waals surface area contributed by atoms with Gasteiger partial charge in [-0.15, -0.1) is 0 Å². The molecule has 0 rings (SSSR count). The largest absolute Gasteiger partial charge is 0.515 e. The molecule has 0 saturated carbocycles. The topological polar surface area (TPSA) is 47.9 Å². The van der Waals surface area contributed by atoms with E-state index in [1.54, 1.807) is 0 Å². The van der Waals surface area contributed by atoms with Crippen molar-refractivity contribution in [1.82, 2.24) is 0 Å². The Morgan fingerprint density at radius 2 is 1.56 bits per heavy atom. The number of hydrogen-bond acceptors (Lipinski definition) is 4. The number of carbonyl (C=O) groups is 1. The van der Waals surface area contributed by atoms with Crippen molar-refractivity contribution >= 4 is 28.3 Å². The van der Waals surface area contributed by atoms with Gasteiger partial charge in [0.15, 0.2) is 5.71 Å². The van der Waals surface area contributed by atoms with Crippen LogP contribution in [-0.4, -0.2) is 28.3 Å². The summed E-state index contributed by atoms with van der Waals surface area (Å²) in [7, 11) is -3.64. The first-order valence-corrected chi connectivity index (χ1v) is 13.2. The zero-order valence-corrected chi connectivity index (χ0v) is 15.0. The van der Waals surface area contributed by atoms with Gasteiger partial charge in [0, 0.05) is 6.42 Å². The van der Waals surface area contributed by atoms with E-state index in [9.17, 15) is 4.79 Å². The lowest BCUT2D eigenvalue weighted by Crippen LogP contribution is -2.34. The first-order valence-electron chi connectivity index (χ1n) is 6.39. The predicted molar refractivity (Wildman–Crippen MR) is 80.8 cm³/mol. The minimum absolute atomic E-state index is 0.318. The maximum atomic E-state index is 12.0. The van der Waals surface area contributed by atoms with Gasteiger partial charge in [-0.05, 0) is 45.2 Å². The highest BCUT2D eigenvalue weighted by atomic mass is 28.4. The average Bonchev–Trinajstić information content (AvgIpc) is 2.06. The third-order valence-electron chi connectivity index (χ3n) is 1.67. The fourth-order valence-corrected chi connectivity index (χ4v) is 2.13. The monoisotopic (exact) mass is 289 g/mol. The minimum atomic E-state index is -1.88. The Kier molecular flexibility index (Phi) is 6.29. The van der Waals surface area contributed by atoms with E-state index in [0.29, 0.717) is 18.1 Å². The van der Waals surface area contributed by atoms with Crippen LogP contribution in [0, 0.1) is 5.92 Å². The molecule has 0 heterocycles. The van der Waals surface area contributed by atoms with Crippen LogP contribution in [0.2, 0.25) is 39.3 Å². The zero-order chi connectivity index (χ0) is 14.6. The molecule has 0 aromatic rings. The molecule has 0 bridgehead atoms. The molecule has 0 atom stereocenters. The first kappa shape index (κ1) is 17.4. The average molecular weight is 290 g/mol. The summed E-state index contributed by atoms with van der Waals surface area (Å²) in [5.74, 6) is 0.0317. The van der Waals surface area contributed by atoms with Crippen LogP contribution in [-0.2, 0) is 13.7 Å². The van der Waals surface area contributed by atoms with Gasteiger partial charge in [0.1, 0.15) is 0 Å². The van der Waals surface area contributed by atoms with E-state index in [1.165, 1.54) is 0 Å². The molecule has 106 valence electrons. The van der Waals surface area contributed by atoms with Crippen LogP contribution in [0.15, 0.2) is 5.16 Å². The number of hydrogen-bond donors (Lipinski definition) is 0. The molecule has 0 N–H and O–H groups in total. The third-order valence-corrected chi connectivity index (χ3v) is 3.10. The van der Waals surface area contributed by atoms with Crippen molar-refractivity contribution in [2.75, 3.05) is 0 Å². The Balaban J connectivity index is 4.83. The molecule has 0 aliphatic heterocycles. The highest BCUT2D eigenvalue weighted by Crippen LogP contribution is 2.11. The molecule has 18 heavy (non-hydrogen) atoms. The van der Waals surface area contributed by atoms with Gasteiger partial charge >= 0.3 is 5.97 Å². The Morgan fingerprint density at radius 3 is 1.89 bits per heavy atom. The second-order valence-corrected chi connectivity index (χ2v) is 15.7. The van der Waals surface area contributed by atoms with Crippen LogP contribution < -0.4 is 0 Å². The van der Waals surface area contributed by atoms with Crippen molar-refractivity contribution < 1.29 is 13.7 Å². The molecule has 0 aliphatic rings. The molecule has 0 spiro atoms. The van der Waals surface area contributed by atoms with E-state index in [2.05, 4.69) is 5.16 Å². The summed E-state index contributed by atoms with van der Waals surface area (Å²) in [6.07, 6.45) is 0.591. The van der Waals surface area contributed by atoms with Crippen LogP contribution in [0.1, 0.15) is 20.3 Å². The predicted octanol–water partition coefficient (Wildman–Crippen LogP) is 3.62. The van der Waals surface area contributed by atoms with Gasteiger partial charge in [0.05, 0.1) is 0 Å². The Bertz CT molecular complexity index is 314. The van der Waals surface area contributed by atoms with Gasteiger partial charge < -0.3 is 8.95 Å². The Labute approximate surface area is 113 Å². The normalized spacial score (nSPS) is 13.7. The Hall–Kier alpha value is -0.626. The van der Waals surface area contributed by atoms with Gasteiger partial charge in [0.2, 0.25) is 8.32 Å². The van der Waals surface area contributed by atoms with E-state index in [1.807, 2.05) is 53.1 Å². The van der Waals surface area contributed by atoms with Crippen molar-refractivity contribution in [1.29, 1.82) is 0 Å². The van der Waals surface area contributed by atoms with Crippen molar-refractivity contribution in [2.24, 2.45) is 11.1 Å². The molecule has 6 heteroatoms. The lowest BCUT2D eigenvalue weighted by Gasteiger charge is -2.20. The van der Waals surface area contributed by atoms with Gasteiger partial charge in [-0.3, -0.25) is 0 Å². The van der Waals surface area contributed by atoms with Crippen LogP contribution in [0.5, 0.6) is 0 Å². The highest BCUT2D eigenvalue weighted by molar-refractivity contribution is 6.72. The van der Waals surface area contributed by atoms with E-state index in [0.717, 1.165) is 0 Å². The fourth-order valence-electron chi connectivity index (χ4n) is 1.07. The lowest BCUT2D eigenvalue weighted by atomic mass is 10.1. The molecule has 4 nitrogen and oxygen atoms in total. The molecule has 0 amide bonds. The molecular formula is C12H27NO3Si2. The summed E-state index contributed by atoms with van der Waals surface area (Å²) in [4.78, 5) is 12.0. The molecule has 0 radical (unpaired) electrons. The Morgan fingerprint density at radius 1 is 1.06 bits per heavy atom. The van der Waals surface area contributed by atoms with Crippen molar-refractivity contribution in [2.45, 2.75) is 59.6 Å². The quantitative estimate of drug-likeness (QED) is 0.426. The van der Waals surface area contributed by atoms with Crippen LogP contribution >= 0.6 is 0 Å². The molecule has 0 saturated heterocycles. The first-order chi connectivity index (χ1) is 7.91. The van der Waals surface area contributed by atoms with Crippen molar-refractivity contribution in [3.63, 3.8) is 0 Å². The summed E-state index contributed by atoms with van der Waals surface area (Å²) in [6.45, 7) is 16.2. The molecule has 0 aromatic heterocycles. The van der Waals surface area contributed by atoms with Gasteiger partial charge in [-0.25, -0.2) is 4.79 Å². The maximum absolute atomic E-state index is 12.0. The van der Waals surface area contributed by atoms with Crippen molar-refractivity contribution in [3.8, 4) is 0 Å². The lowest BCUT2D eigenvalue weighted by molar-refractivity contribution is -0.127. The number of nitrogens with zero attached hydrogens (tertiary/aromatic N) is 1. The number of carbonyl (C=O) groups excluding carboxylic acids is 1. The SMILES string of the molecule is CC(C)CC(=NO[Si](C)(C)C)C(=O)O[Si](C)(C)C. The van der Waals surface area contributed by atoms with Crippen LogP contribution in [0.3, 0.4) is 0 Å². The number of oxime groups is 1. The van der Waals surface area contributed by atoms with E-state index >= 15 is 0 Å². The van der Waals surface area contributed by atoms with E-state index in [4.69, 9.17) is 8.95 Å². The molecule has 0 aliphatic carbocycles. The molecular weight excluding hydrogens is 262 g/mol. The van der Waals surface area contributed by atoms with Gasteiger partial charge in [-0.1, -0.05) is 19.0 Å². The highest BCUT2D eigenvalue weighted by Gasteiger charge is 2.25. The summed E-state index contributed by atoms with van der Waals surface area (Å²) < 4.78 is 10.9. The zero-order valence-electron chi connectivity index (χ0n) is 13.0. The third kappa shape index (κ3) is 9.41. The van der Waals surface area contributed by atoms with Crippen LogP contribution in [0.4, 0.5) is 0 Å². The van der Waals surface area contributed by atoms with Crippen molar-refractivity contribution in [3.05, 3.63) is 0 Å². The fraction of sp³-hybridized carbons (Fsp3) is 0.833. The van der Waals surface area contributed by atoms with E-state index < -0.39 is 16.6 Å². The van der Waals surface area contributed by atoms with Gasteiger partial charge in [-0.2, -0.15) is 0 Å². The van der Waals surface area contributed by atoms with Gasteiger partial charge in [0.25, 0.3) is 8.32 Å². The molecule has 0 fully saturated rings. The van der Waals surface area contributed by atoms with Crippen LogP contribution in [0.25, 0.3) is 0 Å². The molecule has 0 unspecified atom stereocenters. The standard InChI is InChI=1S/C12H27NO3Si2/c1-10(2)9-11(13-16-18(6,7)8)12(14)15-17(3,4)5/h10H,9H2,1-8H3. The summed E-state index contributed by atoms with van der Waals surface area (Å²) in [5, 5.41) is 4.05. The summed E-state index contributed by atoms with van der Waals surface area (Å²) in [6, 6.07) is 0. The number of rotatable bonds is 6. The second kappa shape index (κ2) is 6.51. The smallest absolute Gasteiger partial charge is 0.342 e. The maximum Gasteiger partial charge on any atom is 0.342 e.